The molecule has 0 N–H and O–H groups in total. The van der Waals surface area contributed by atoms with E-state index >= 15 is 0 Å². The van der Waals surface area contributed by atoms with E-state index in [0.717, 1.165) is 11.3 Å². The molecular formula is C21H17ClFN3OS. The molecule has 7 heteroatoms. The number of carbonyl (C=O) groups excluding carboxylic acids is 1. The molecule has 2 aromatic rings. The van der Waals surface area contributed by atoms with E-state index < -0.39 is 5.92 Å². The SMILES string of the molecule is Cc1c(Cl)cccc1N1CSC2=C(C#N)[C@@H](c3cccc(F)c3)CC(=O)N2C1. The summed E-state index contributed by atoms with van der Waals surface area (Å²) in [5, 5.41) is 11.1. The predicted molar refractivity (Wildman–Crippen MR) is 109 cm³/mol. The number of thioether (sulfide) groups is 1. The Labute approximate surface area is 172 Å². The number of nitrogens with zero attached hydrogens (tertiary/aromatic N) is 3. The quantitative estimate of drug-likeness (QED) is 0.694. The first-order valence-electron chi connectivity index (χ1n) is 8.82. The lowest BCUT2D eigenvalue weighted by Crippen LogP contribution is -2.47. The van der Waals surface area contributed by atoms with Gasteiger partial charge < -0.3 is 4.90 Å². The highest BCUT2D eigenvalue weighted by molar-refractivity contribution is 8.03. The summed E-state index contributed by atoms with van der Waals surface area (Å²) in [5.41, 5.74) is 3.11. The standard InChI is InChI=1S/C21H17ClFN3OS/c1-13-18(22)6-3-7-19(13)25-11-26-20(27)9-16(14-4-2-5-15(23)8-14)17(10-24)21(26)28-12-25/h2-8,16H,9,11-12H2,1H3/t16-/m1/s1. The monoisotopic (exact) mass is 413 g/mol. The summed E-state index contributed by atoms with van der Waals surface area (Å²) in [4.78, 5) is 16.6. The average molecular weight is 414 g/mol. The van der Waals surface area contributed by atoms with Crippen LogP contribution in [0.3, 0.4) is 0 Å². The Morgan fingerprint density at radius 3 is 2.82 bits per heavy atom. The number of fused-ring (bicyclic) bond motifs is 1. The number of amides is 1. The number of rotatable bonds is 2. The average Bonchev–Trinajstić information content (AvgIpc) is 2.70. The van der Waals surface area contributed by atoms with Gasteiger partial charge in [-0.1, -0.05) is 41.6 Å². The van der Waals surface area contributed by atoms with E-state index in [-0.39, 0.29) is 18.1 Å². The first-order valence-corrected chi connectivity index (χ1v) is 10.2. The molecule has 142 valence electrons. The Bertz CT molecular complexity index is 1030. The first kappa shape index (κ1) is 18.9. The molecule has 0 bridgehead atoms. The molecule has 4 nitrogen and oxygen atoms in total. The van der Waals surface area contributed by atoms with Gasteiger partial charge in [0.2, 0.25) is 5.91 Å². The fourth-order valence-corrected chi connectivity index (χ4v) is 4.99. The number of halogens is 2. The highest BCUT2D eigenvalue weighted by Gasteiger charge is 2.38. The molecule has 2 aliphatic heterocycles. The van der Waals surface area contributed by atoms with Crippen LogP contribution in [0, 0.1) is 24.1 Å². The molecule has 2 aliphatic rings. The van der Waals surface area contributed by atoms with Crippen molar-refractivity contribution in [3.8, 4) is 6.07 Å². The minimum Gasteiger partial charge on any atom is -0.343 e. The van der Waals surface area contributed by atoms with Gasteiger partial charge in [-0.3, -0.25) is 9.69 Å². The molecule has 4 rings (SSSR count). The summed E-state index contributed by atoms with van der Waals surface area (Å²) in [5.74, 6) is -0.249. The van der Waals surface area contributed by atoms with Crippen molar-refractivity contribution in [1.29, 1.82) is 5.26 Å². The maximum atomic E-state index is 13.7. The van der Waals surface area contributed by atoms with E-state index in [0.29, 0.717) is 33.7 Å². The Hall–Kier alpha value is -2.49. The molecule has 1 atom stereocenters. The van der Waals surface area contributed by atoms with E-state index in [1.165, 1.54) is 23.9 Å². The molecule has 2 aromatic carbocycles. The van der Waals surface area contributed by atoms with E-state index in [9.17, 15) is 14.4 Å². The Kier molecular flexibility index (Phi) is 5.05. The third-order valence-electron chi connectivity index (χ3n) is 5.12. The second-order valence-corrected chi connectivity index (χ2v) is 8.14. The predicted octanol–water partition coefficient (Wildman–Crippen LogP) is 5.01. The zero-order valence-electron chi connectivity index (χ0n) is 15.2. The van der Waals surface area contributed by atoms with Crippen molar-refractivity contribution in [1.82, 2.24) is 4.90 Å². The van der Waals surface area contributed by atoms with Crippen LogP contribution in [-0.4, -0.2) is 23.4 Å². The summed E-state index contributed by atoms with van der Waals surface area (Å²) in [7, 11) is 0. The molecule has 0 spiro atoms. The van der Waals surface area contributed by atoms with Crippen LogP contribution in [0.15, 0.2) is 53.1 Å². The van der Waals surface area contributed by atoms with E-state index in [1.807, 2.05) is 25.1 Å². The van der Waals surface area contributed by atoms with Crippen LogP contribution in [0.25, 0.3) is 0 Å². The van der Waals surface area contributed by atoms with Gasteiger partial charge in [-0.15, -0.1) is 0 Å². The number of hydrogen-bond donors (Lipinski definition) is 0. The topological polar surface area (TPSA) is 47.3 Å². The number of benzene rings is 2. The highest BCUT2D eigenvalue weighted by atomic mass is 35.5. The van der Waals surface area contributed by atoms with Gasteiger partial charge in [0.05, 0.1) is 29.2 Å². The molecule has 1 fully saturated rings. The Morgan fingerprint density at radius 1 is 1.29 bits per heavy atom. The highest BCUT2D eigenvalue weighted by Crippen LogP contribution is 2.43. The van der Waals surface area contributed by atoms with Gasteiger partial charge >= 0.3 is 0 Å². The van der Waals surface area contributed by atoms with Crippen molar-refractivity contribution in [2.75, 3.05) is 17.4 Å². The molecule has 0 radical (unpaired) electrons. The summed E-state index contributed by atoms with van der Waals surface area (Å²) in [6.07, 6.45) is 0.152. The Balaban J connectivity index is 1.69. The third-order valence-corrected chi connectivity index (χ3v) is 6.69. The molecule has 1 amide bonds. The van der Waals surface area contributed by atoms with Crippen molar-refractivity contribution in [2.24, 2.45) is 0 Å². The molecule has 1 saturated heterocycles. The van der Waals surface area contributed by atoms with Crippen molar-refractivity contribution < 1.29 is 9.18 Å². The van der Waals surface area contributed by atoms with Gasteiger partial charge in [0, 0.05) is 23.0 Å². The summed E-state index contributed by atoms with van der Waals surface area (Å²) >= 11 is 7.70. The van der Waals surface area contributed by atoms with E-state index in [1.54, 1.807) is 17.0 Å². The first-order chi connectivity index (χ1) is 13.5. The molecule has 0 saturated carbocycles. The van der Waals surface area contributed by atoms with Crippen LogP contribution in [0.5, 0.6) is 0 Å². The van der Waals surface area contributed by atoms with Gasteiger partial charge in [0.15, 0.2) is 0 Å². The van der Waals surface area contributed by atoms with Crippen molar-refractivity contribution in [2.45, 2.75) is 19.3 Å². The minimum atomic E-state index is -0.411. The maximum Gasteiger partial charge on any atom is 0.229 e. The van der Waals surface area contributed by atoms with Crippen molar-refractivity contribution in [3.63, 3.8) is 0 Å². The van der Waals surface area contributed by atoms with Crippen molar-refractivity contribution in [3.05, 3.63) is 75.0 Å². The van der Waals surface area contributed by atoms with Gasteiger partial charge in [-0.25, -0.2) is 4.39 Å². The molecule has 0 unspecified atom stereocenters. The normalized spacial score (nSPS) is 19.5. The van der Waals surface area contributed by atoms with Gasteiger partial charge in [0.1, 0.15) is 5.82 Å². The van der Waals surface area contributed by atoms with Crippen LogP contribution in [-0.2, 0) is 4.79 Å². The maximum absolute atomic E-state index is 13.7. The molecule has 28 heavy (non-hydrogen) atoms. The number of anilines is 1. The second kappa shape index (κ2) is 7.50. The second-order valence-electron chi connectivity index (χ2n) is 6.80. The van der Waals surface area contributed by atoms with Crippen LogP contribution in [0.1, 0.15) is 23.5 Å². The van der Waals surface area contributed by atoms with Crippen LogP contribution >= 0.6 is 23.4 Å². The molecule has 0 aliphatic carbocycles. The van der Waals surface area contributed by atoms with Crippen LogP contribution in [0.2, 0.25) is 5.02 Å². The number of carbonyl (C=O) groups is 1. The molecule has 0 aromatic heterocycles. The van der Waals surface area contributed by atoms with E-state index in [4.69, 9.17) is 11.6 Å². The fourth-order valence-electron chi connectivity index (χ4n) is 3.66. The fraction of sp³-hybridized carbons (Fsp3) is 0.238. The lowest BCUT2D eigenvalue weighted by Gasteiger charge is -2.42. The minimum absolute atomic E-state index is 0.0693. The lowest BCUT2D eigenvalue weighted by atomic mass is 9.86. The molecular weight excluding hydrogens is 397 g/mol. The Morgan fingerprint density at radius 2 is 2.07 bits per heavy atom. The van der Waals surface area contributed by atoms with Crippen LogP contribution < -0.4 is 4.90 Å². The third kappa shape index (κ3) is 3.25. The lowest BCUT2D eigenvalue weighted by molar-refractivity contribution is -0.129. The zero-order valence-corrected chi connectivity index (χ0v) is 16.7. The van der Waals surface area contributed by atoms with Gasteiger partial charge in [-0.2, -0.15) is 5.26 Å². The number of allylic oxidation sites excluding steroid dienone is 1. The van der Waals surface area contributed by atoms with E-state index in [2.05, 4.69) is 11.0 Å². The summed E-state index contributed by atoms with van der Waals surface area (Å²) in [6, 6.07) is 14.1. The number of nitriles is 1. The van der Waals surface area contributed by atoms with Crippen LogP contribution in [0.4, 0.5) is 10.1 Å². The van der Waals surface area contributed by atoms with Crippen molar-refractivity contribution >= 4 is 35.0 Å². The largest absolute Gasteiger partial charge is 0.343 e. The smallest absolute Gasteiger partial charge is 0.229 e. The zero-order chi connectivity index (χ0) is 19.8. The summed E-state index contributed by atoms with van der Waals surface area (Å²) in [6.45, 7) is 2.32. The summed E-state index contributed by atoms with van der Waals surface area (Å²) < 4.78 is 13.7. The molecule has 2 heterocycles. The van der Waals surface area contributed by atoms with Gasteiger partial charge in [-0.05, 0) is 42.3 Å². The van der Waals surface area contributed by atoms with Gasteiger partial charge in [0.25, 0.3) is 0 Å². The number of hydrogen-bond acceptors (Lipinski definition) is 4.